The molecular formula is C14H21ClO2S. The topological polar surface area (TPSA) is 29.5 Å². The Hall–Kier alpha value is -0.220. The molecule has 2 nitrogen and oxygen atoms in total. The summed E-state index contributed by atoms with van der Waals surface area (Å²) in [5.74, 6) is 0.577. The first-order chi connectivity index (χ1) is 8.53. The summed E-state index contributed by atoms with van der Waals surface area (Å²) in [6.45, 7) is 6.54. The Labute approximate surface area is 119 Å². The highest BCUT2D eigenvalue weighted by Crippen LogP contribution is 2.30. The minimum Gasteiger partial charge on any atom is -0.389 e. The SMILES string of the molecule is CCOC(C)(CC)C(O)CSc1ccccc1Cl. The van der Waals surface area contributed by atoms with Gasteiger partial charge in [0.15, 0.2) is 0 Å². The lowest BCUT2D eigenvalue weighted by atomic mass is 9.97. The predicted octanol–water partition coefficient (Wildman–Crippen LogP) is 4.00. The molecule has 2 unspecified atom stereocenters. The molecule has 0 aliphatic heterocycles. The summed E-state index contributed by atoms with van der Waals surface area (Å²) in [7, 11) is 0. The van der Waals surface area contributed by atoms with E-state index in [1.807, 2.05) is 45.0 Å². The Morgan fingerprint density at radius 3 is 2.61 bits per heavy atom. The number of ether oxygens (including phenoxy) is 1. The fraction of sp³-hybridized carbons (Fsp3) is 0.571. The van der Waals surface area contributed by atoms with Crippen molar-refractivity contribution in [1.29, 1.82) is 0 Å². The molecule has 0 saturated carbocycles. The van der Waals surface area contributed by atoms with Gasteiger partial charge >= 0.3 is 0 Å². The van der Waals surface area contributed by atoms with E-state index in [1.54, 1.807) is 11.8 Å². The van der Waals surface area contributed by atoms with Crippen molar-refractivity contribution in [3.63, 3.8) is 0 Å². The molecule has 4 heteroatoms. The zero-order valence-corrected chi connectivity index (χ0v) is 12.7. The smallest absolute Gasteiger partial charge is 0.0920 e. The van der Waals surface area contributed by atoms with Crippen molar-refractivity contribution < 1.29 is 9.84 Å². The second-order valence-corrected chi connectivity index (χ2v) is 5.83. The predicted molar refractivity (Wildman–Crippen MR) is 78.5 cm³/mol. The molecule has 0 aliphatic carbocycles. The fourth-order valence-corrected chi connectivity index (χ4v) is 3.04. The van der Waals surface area contributed by atoms with Crippen molar-refractivity contribution in [2.24, 2.45) is 0 Å². The Morgan fingerprint density at radius 1 is 1.39 bits per heavy atom. The molecule has 0 saturated heterocycles. The first-order valence-electron chi connectivity index (χ1n) is 6.22. The van der Waals surface area contributed by atoms with Crippen LogP contribution in [-0.4, -0.2) is 29.2 Å². The maximum Gasteiger partial charge on any atom is 0.0920 e. The van der Waals surface area contributed by atoms with Crippen LogP contribution in [0.2, 0.25) is 5.02 Å². The molecule has 0 spiro atoms. The average Bonchev–Trinajstić information content (AvgIpc) is 2.37. The third kappa shape index (κ3) is 4.16. The van der Waals surface area contributed by atoms with Crippen molar-refractivity contribution >= 4 is 23.4 Å². The molecule has 2 atom stereocenters. The summed E-state index contributed by atoms with van der Waals surface area (Å²) in [4.78, 5) is 0.994. The third-order valence-electron chi connectivity index (χ3n) is 3.11. The van der Waals surface area contributed by atoms with E-state index in [2.05, 4.69) is 0 Å². The Bertz CT molecular complexity index is 373. The highest BCUT2D eigenvalue weighted by molar-refractivity contribution is 7.99. The molecule has 102 valence electrons. The van der Waals surface area contributed by atoms with Gasteiger partial charge in [-0.05, 0) is 32.4 Å². The highest BCUT2D eigenvalue weighted by Gasteiger charge is 2.31. The number of aliphatic hydroxyl groups excluding tert-OH is 1. The normalized spacial score (nSPS) is 16.3. The number of halogens is 1. The highest BCUT2D eigenvalue weighted by atomic mass is 35.5. The van der Waals surface area contributed by atoms with Crippen LogP contribution in [0.1, 0.15) is 27.2 Å². The molecule has 0 bridgehead atoms. The van der Waals surface area contributed by atoms with Crippen LogP contribution in [0.5, 0.6) is 0 Å². The van der Waals surface area contributed by atoms with Crippen LogP contribution in [0.3, 0.4) is 0 Å². The molecule has 0 fully saturated rings. The first-order valence-corrected chi connectivity index (χ1v) is 7.59. The number of aliphatic hydroxyl groups is 1. The number of hydrogen-bond donors (Lipinski definition) is 1. The van der Waals surface area contributed by atoms with E-state index < -0.39 is 11.7 Å². The van der Waals surface area contributed by atoms with Crippen LogP contribution in [0.4, 0.5) is 0 Å². The molecular weight excluding hydrogens is 268 g/mol. The lowest BCUT2D eigenvalue weighted by Crippen LogP contribution is -2.43. The van der Waals surface area contributed by atoms with E-state index in [0.29, 0.717) is 12.4 Å². The Balaban J connectivity index is 2.60. The van der Waals surface area contributed by atoms with Crippen molar-refractivity contribution in [2.75, 3.05) is 12.4 Å². The van der Waals surface area contributed by atoms with Crippen LogP contribution in [0.15, 0.2) is 29.2 Å². The van der Waals surface area contributed by atoms with Crippen LogP contribution < -0.4 is 0 Å². The number of benzene rings is 1. The lowest BCUT2D eigenvalue weighted by molar-refractivity contribution is -0.101. The number of thioether (sulfide) groups is 1. The van der Waals surface area contributed by atoms with Gasteiger partial charge in [-0.15, -0.1) is 11.8 Å². The minimum atomic E-state index is -0.510. The summed E-state index contributed by atoms with van der Waals surface area (Å²) >= 11 is 7.64. The van der Waals surface area contributed by atoms with Gasteiger partial charge < -0.3 is 9.84 Å². The van der Waals surface area contributed by atoms with Gasteiger partial charge in [-0.25, -0.2) is 0 Å². The van der Waals surface area contributed by atoms with Gasteiger partial charge in [0, 0.05) is 17.3 Å². The van der Waals surface area contributed by atoms with Crippen molar-refractivity contribution in [1.82, 2.24) is 0 Å². The summed E-state index contributed by atoms with van der Waals surface area (Å²) in [5.41, 5.74) is -0.483. The molecule has 0 heterocycles. The minimum absolute atomic E-state index is 0.483. The Kier molecular flexibility index (Phi) is 6.50. The Morgan fingerprint density at radius 2 is 2.06 bits per heavy atom. The molecule has 1 rings (SSSR count). The molecule has 0 aromatic heterocycles. The summed E-state index contributed by atoms with van der Waals surface area (Å²) in [6.07, 6.45) is 0.272. The van der Waals surface area contributed by atoms with Crippen molar-refractivity contribution in [3.05, 3.63) is 29.3 Å². The van der Waals surface area contributed by atoms with Gasteiger partial charge in [0.25, 0.3) is 0 Å². The van der Waals surface area contributed by atoms with Gasteiger partial charge in [-0.1, -0.05) is 30.7 Å². The van der Waals surface area contributed by atoms with E-state index in [-0.39, 0.29) is 0 Å². The van der Waals surface area contributed by atoms with E-state index in [9.17, 15) is 5.11 Å². The zero-order valence-electron chi connectivity index (χ0n) is 11.1. The molecule has 1 aromatic carbocycles. The van der Waals surface area contributed by atoms with Gasteiger partial charge in [-0.3, -0.25) is 0 Å². The van der Waals surface area contributed by atoms with E-state index in [1.165, 1.54) is 0 Å². The fourth-order valence-electron chi connectivity index (χ4n) is 1.67. The monoisotopic (exact) mass is 288 g/mol. The number of hydrogen-bond acceptors (Lipinski definition) is 3. The van der Waals surface area contributed by atoms with Gasteiger partial charge in [0.05, 0.1) is 16.7 Å². The van der Waals surface area contributed by atoms with E-state index in [0.717, 1.165) is 16.3 Å². The molecule has 0 amide bonds. The summed E-state index contributed by atoms with van der Waals surface area (Å²) in [5, 5.41) is 11.0. The van der Waals surface area contributed by atoms with Crippen LogP contribution >= 0.6 is 23.4 Å². The van der Waals surface area contributed by atoms with Crippen LogP contribution in [0, 0.1) is 0 Å². The third-order valence-corrected chi connectivity index (χ3v) is 4.71. The number of rotatable bonds is 7. The average molecular weight is 289 g/mol. The quantitative estimate of drug-likeness (QED) is 0.769. The van der Waals surface area contributed by atoms with Crippen LogP contribution in [-0.2, 0) is 4.74 Å². The van der Waals surface area contributed by atoms with Gasteiger partial charge in [0.2, 0.25) is 0 Å². The maximum absolute atomic E-state index is 10.3. The molecule has 0 aliphatic rings. The van der Waals surface area contributed by atoms with Gasteiger partial charge in [-0.2, -0.15) is 0 Å². The summed E-state index contributed by atoms with van der Waals surface area (Å²) < 4.78 is 5.66. The van der Waals surface area contributed by atoms with Gasteiger partial charge in [0.1, 0.15) is 0 Å². The largest absolute Gasteiger partial charge is 0.389 e. The molecule has 18 heavy (non-hydrogen) atoms. The zero-order chi connectivity index (χ0) is 13.6. The van der Waals surface area contributed by atoms with Crippen molar-refractivity contribution in [2.45, 2.75) is 43.8 Å². The standard InChI is InChI=1S/C14H21ClO2S/c1-4-14(3,17-5-2)13(16)10-18-12-9-7-6-8-11(12)15/h6-9,13,16H,4-5,10H2,1-3H3. The van der Waals surface area contributed by atoms with Crippen molar-refractivity contribution in [3.8, 4) is 0 Å². The molecule has 1 N–H and O–H groups in total. The first kappa shape index (κ1) is 15.8. The maximum atomic E-state index is 10.3. The second-order valence-electron chi connectivity index (χ2n) is 4.36. The molecule has 1 aromatic rings. The van der Waals surface area contributed by atoms with E-state index >= 15 is 0 Å². The van der Waals surface area contributed by atoms with E-state index in [4.69, 9.17) is 16.3 Å². The summed E-state index contributed by atoms with van der Waals surface area (Å²) in [6, 6.07) is 7.67. The second kappa shape index (κ2) is 7.39. The lowest BCUT2D eigenvalue weighted by Gasteiger charge is -2.33. The molecule has 0 radical (unpaired) electrons. The van der Waals surface area contributed by atoms with Crippen LogP contribution in [0.25, 0.3) is 0 Å².